The molecule has 2 amide bonds. The van der Waals surface area contributed by atoms with Gasteiger partial charge in [0.25, 0.3) is 0 Å². The fraction of sp³-hybridized carbons (Fsp3) is 0.929. The van der Waals surface area contributed by atoms with E-state index in [0.717, 1.165) is 25.8 Å². The maximum Gasteiger partial charge on any atom is 0.317 e. The number of likely N-dealkylation sites (N-methyl/N-ethyl adjacent to an activating group) is 1. The van der Waals surface area contributed by atoms with Crippen LogP contribution in [0.25, 0.3) is 0 Å². The molecule has 0 bridgehead atoms. The second kappa shape index (κ2) is 8.69. The summed E-state index contributed by atoms with van der Waals surface area (Å²) in [5.74, 6) is -0.106. The van der Waals surface area contributed by atoms with Gasteiger partial charge in [-0.2, -0.15) is 0 Å². The molecule has 2 unspecified atom stereocenters. The lowest BCUT2D eigenvalue weighted by atomic mass is 10.0. The van der Waals surface area contributed by atoms with Gasteiger partial charge in [0.2, 0.25) is 10.0 Å². The van der Waals surface area contributed by atoms with Crippen LogP contribution in [0.5, 0.6) is 0 Å². The molecule has 0 aliphatic carbocycles. The number of piperidine rings is 1. The predicted molar refractivity (Wildman–Crippen MR) is 88.1 cm³/mol. The van der Waals surface area contributed by atoms with Gasteiger partial charge in [-0.1, -0.05) is 6.92 Å². The number of rotatable bonds is 7. The Balaban J connectivity index is 2.36. The molecule has 1 fully saturated rings. The van der Waals surface area contributed by atoms with Crippen LogP contribution in [0.3, 0.4) is 0 Å². The van der Waals surface area contributed by atoms with Gasteiger partial charge in [0, 0.05) is 32.2 Å². The van der Waals surface area contributed by atoms with E-state index in [4.69, 9.17) is 5.14 Å². The van der Waals surface area contributed by atoms with Crippen molar-refractivity contribution in [3.8, 4) is 0 Å². The van der Waals surface area contributed by atoms with E-state index < -0.39 is 10.0 Å². The second-order valence-electron chi connectivity index (χ2n) is 6.25. The van der Waals surface area contributed by atoms with Crippen molar-refractivity contribution < 1.29 is 13.2 Å². The topological polar surface area (TPSA) is 95.7 Å². The van der Waals surface area contributed by atoms with Gasteiger partial charge in [0.15, 0.2) is 0 Å². The first-order valence-electron chi connectivity index (χ1n) is 7.96. The van der Waals surface area contributed by atoms with Crippen molar-refractivity contribution in [2.45, 2.75) is 39.2 Å². The number of nitrogens with two attached hydrogens (primary N) is 1. The zero-order chi connectivity index (χ0) is 16.8. The second-order valence-corrected chi connectivity index (χ2v) is 7.91. The summed E-state index contributed by atoms with van der Waals surface area (Å²) in [5.41, 5.74) is 0. The standard InChI is InChI=1S/C14H30N4O3S/c1-4-12(2)17(3)9-7-16-14(19)18-8-5-6-13(10-18)11-22(15,20)21/h12-13H,4-11H2,1-3H3,(H,16,19)(H2,15,20,21). The van der Waals surface area contributed by atoms with Crippen LogP contribution in [0.1, 0.15) is 33.1 Å². The minimum absolute atomic E-state index is 0.0481. The van der Waals surface area contributed by atoms with Gasteiger partial charge in [-0.3, -0.25) is 0 Å². The lowest BCUT2D eigenvalue weighted by molar-refractivity contribution is 0.167. The monoisotopic (exact) mass is 334 g/mol. The van der Waals surface area contributed by atoms with Gasteiger partial charge in [-0.15, -0.1) is 0 Å². The van der Waals surface area contributed by atoms with Crippen LogP contribution < -0.4 is 10.5 Å². The molecule has 0 aromatic carbocycles. The maximum atomic E-state index is 12.1. The van der Waals surface area contributed by atoms with Crippen molar-refractivity contribution in [1.82, 2.24) is 15.1 Å². The van der Waals surface area contributed by atoms with Crippen molar-refractivity contribution in [3.63, 3.8) is 0 Å². The SMILES string of the molecule is CCC(C)N(C)CCNC(=O)N1CCCC(CS(N)(=O)=O)C1. The van der Waals surface area contributed by atoms with Crippen molar-refractivity contribution in [2.75, 3.05) is 39.0 Å². The van der Waals surface area contributed by atoms with E-state index in [1.54, 1.807) is 4.90 Å². The predicted octanol–water partition coefficient (Wildman–Crippen LogP) is 0.427. The van der Waals surface area contributed by atoms with E-state index in [2.05, 4.69) is 24.1 Å². The number of nitrogens with one attached hydrogen (secondary N) is 1. The van der Waals surface area contributed by atoms with E-state index in [0.29, 0.717) is 25.7 Å². The zero-order valence-corrected chi connectivity index (χ0v) is 14.7. The number of carbonyl (C=O) groups is 1. The molecule has 1 saturated heterocycles. The number of urea groups is 1. The number of sulfonamides is 1. The Morgan fingerprint density at radius 1 is 1.50 bits per heavy atom. The molecule has 2 atom stereocenters. The molecule has 0 spiro atoms. The third kappa shape index (κ3) is 6.93. The van der Waals surface area contributed by atoms with E-state index in [-0.39, 0.29) is 17.7 Å². The first-order chi connectivity index (χ1) is 10.2. The van der Waals surface area contributed by atoms with Crippen molar-refractivity contribution in [1.29, 1.82) is 0 Å². The quantitative estimate of drug-likeness (QED) is 0.705. The number of amides is 2. The molecule has 1 heterocycles. The van der Waals surface area contributed by atoms with Crippen LogP contribution in [-0.4, -0.2) is 69.3 Å². The molecule has 0 aromatic rings. The minimum Gasteiger partial charge on any atom is -0.337 e. The molecular formula is C14H30N4O3S. The van der Waals surface area contributed by atoms with Crippen LogP contribution in [0.15, 0.2) is 0 Å². The average molecular weight is 334 g/mol. The summed E-state index contributed by atoms with van der Waals surface area (Å²) in [6.45, 7) is 6.83. The Kier molecular flexibility index (Phi) is 7.58. The largest absolute Gasteiger partial charge is 0.337 e. The zero-order valence-electron chi connectivity index (χ0n) is 13.9. The molecule has 1 rings (SSSR count). The van der Waals surface area contributed by atoms with Gasteiger partial charge < -0.3 is 15.1 Å². The highest BCUT2D eigenvalue weighted by atomic mass is 32.2. The molecule has 8 heteroatoms. The molecule has 1 aliphatic heterocycles. The molecule has 22 heavy (non-hydrogen) atoms. The number of nitrogens with zero attached hydrogens (tertiary/aromatic N) is 2. The van der Waals surface area contributed by atoms with E-state index in [9.17, 15) is 13.2 Å². The van der Waals surface area contributed by atoms with Crippen LogP contribution >= 0.6 is 0 Å². The normalized spacial score (nSPS) is 21.0. The third-order valence-corrected chi connectivity index (χ3v) is 5.29. The highest BCUT2D eigenvalue weighted by Crippen LogP contribution is 2.17. The number of likely N-dealkylation sites (tertiary alicyclic amines) is 1. The van der Waals surface area contributed by atoms with Gasteiger partial charge in [-0.05, 0) is 39.2 Å². The highest BCUT2D eigenvalue weighted by molar-refractivity contribution is 7.89. The number of carbonyl (C=O) groups excluding carboxylic acids is 1. The molecule has 1 aliphatic rings. The minimum atomic E-state index is -3.48. The summed E-state index contributed by atoms with van der Waals surface area (Å²) in [4.78, 5) is 16.1. The van der Waals surface area contributed by atoms with Crippen molar-refractivity contribution in [2.24, 2.45) is 11.1 Å². The highest BCUT2D eigenvalue weighted by Gasteiger charge is 2.26. The smallest absolute Gasteiger partial charge is 0.317 e. The van der Waals surface area contributed by atoms with Crippen LogP contribution in [-0.2, 0) is 10.0 Å². The van der Waals surface area contributed by atoms with Crippen molar-refractivity contribution in [3.05, 3.63) is 0 Å². The maximum absolute atomic E-state index is 12.1. The Bertz CT molecular complexity index is 455. The average Bonchev–Trinajstić information content (AvgIpc) is 2.44. The fourth-order valence-electron chi connectivity index (χ4n) is 2.70. The molecule has 3 N–H and O–H groups in total. The molecule has 0 aromatic heterocycles. The van der Waals surface area contributed by atoms with Crippen LogP contribution in [0.4, 0.5) is 4.79 Å². The molecule has 0 radical (unpaired) electrons. The summed E-state index contributed by atoms with van der Waals surface area (Å²) >= 11 is 0. The Morgan fingerprint density at radius 2 is 2.18 bits per heavy atom. The van der Waals surface area contributed by atoms with Gasteiger partial charge in [-0.25, -0.2) is 18.4 Å². The van der Waals surface area contributed by atoms with Gasteiger partial charge >= 0.3 is 6.03 Å². The lowest BCUT2D eigenvalue weighted by Crippen LogP contribution is -2.48. The first-order valence-corrected chi connectivity index (χ1v) is 9.68. The summed E-state index contributed by atoms with van der Waals surface area (Å²) in [7, 11) is -1.43. The number of hydrogen-bond donors (Lipinski definition) is 2. The van der Waals surface area contributed by atoms with Crippen molar-refractivity contribution >= 4 is 16.1 Å². The Hall–Kier alpha value is -0.860. The summed E-state index contributed by atoms with van der Waals surface area (Å²) < 4.78 is 22.3. The van der Waals surface area contributed by atoms with E-state index in [1.165, 1.54) is 0 Å². The molecular weight excluding hydrogens is 304 g/mol. The summed E-state index contributed by atoms with van der Waals surface area (Å²) in [6.07, 6.45) is 2.70. The first kappa shape index (κ1) is 19.2. The van der Waals surface area contributed by atoms with E-state index in [1.807, 2.05) is 7.05 Å². The van der Waals surface area contributed by atoms with Crippen LogP contribution in [0, 0.1) is 5.92 Å². The lowest BCUT2D eigenvalue weighted by Gasteiger charge is -2.32. The van der Waals surface area contributed by atoms with Crippen LogP contribution in [0.2, 0.25) is 0 Å². The van der Waals surface area contributed by atoms with E-state index >= 15 is 0 Å². The summed E-state index contributed by atoms with van der Waals surface area (Å²) in [6, 6.07) is 0.378. The molecule has 130 valence electrons. The molecule has 0 saturated carbocycles. The molecule has 7 nitrogen and oxygen atoms in total. The van der Waals surface area contributed by atoms with Gasteiger partial charge in [0.1, 0.15) is 0 Å². The number of primary sulfonamides is 1. The number of hydrogen-bond acceptors (Lipinski definition) is 4. The fourth-order valence-corrected chi connectivity index (χ4v) is 3.63. The third-order valence-electron chi connectivity index (χ3n) is 4.36. The van der Waals surface area contributed by atoms with Gasteiger partial charge in [0.05, 0.1) is 5.75 Å². The summed E-state index contributed by atoms with van der Waals surface area (Å²) in [5, 5.41) is 8.00. The Morgan fingerprint density at radius 3 is 2.77 bits per heavy atom. The Labute approximate surface area is 134 Å².